The Bertz CT molecular complexity index is 164. The molecule has 0 fully saturated rings. The van der Waals surface area contributed by atoms with Crippen molar-refractivity contribution in [3.63, 3.8) is 0 Å². The molecule has 1 N–H and O–H groups in total. The van der Waals surface area contributed by atoms with Crippen molar-refractivity contribution in [3.8, 4) is 0 Å². The van der Waals surface area contributed by atoms with E-state index in [9.17, 15) is 0 Å². The van der Waals surface area contributed by atoms with Crippen LogP contribution in [0.15, 0.2) is 0 Å². The highest BCUT2D eigenvalue weighted by molar-refractivity contribution is 4.73. The molecule has 0 atom stereocenters. The van der Waals surface area contributed by atoms with Crippen LogP contribution in [0.4, 0.5) is 0 Å². The van der Waals surface area contributed by atoms with Gasteiger partial charge in [0.25, 0.3) is 0 Å². The van der Waals surface area contributed by atoms with E-state index in [0.29, 0.717) is 24.4 Å². The van der Waals surface area contributed by atoms with E-state index in [1.807, 2.05) is 0 Å². The maximum absolute atomic E-state index is 9.00. The molecule has 0 aliphatic carbocycles. The lowest BCUT2D eigenvalue weighted by molar-refractivity contribution is -0.0948. The zero-order valence-corrected chi connectivity index (χ0v) is 11.9. The first-order valence-electron chi connectivity index (χ1n) is 6.55. The summed E-state index contributed by atoms with van der Waals surface area (Å²) in [6.45, 7) is 13.3. The van der Waals surface area contributed by atoms with Gasteiger partial charge in [0.05, 0.1) is 11.7 Å². The van der Waals surface area contributed by atoms with E-state index >= 15 is 0 Å². The average molecular weight is 230 g/mol. The Morgan fingerprint density at radius 1 is 1.00 bits per heavy atom. The lowest BCUT2D eigenvalue weighted by Crippen LogP contribution is -2.33. The molecular formula is C14H30O2. The van der Waals surface area contributed by atoms with E-state index in [-0.39, 0.29) is 12.2 Å². The van der Waals surface area contributed by atoms with Gasteiger partial charge in [-0.2, -0.15) is 0 Å². The second-order valence-electron chi connectivity index (χ2n) is 6.23. The minimum atomic E-state index is -0.205. The van der Waals surface area contributed by atoms with E-state index in [4.69, 9.17) is 9.84 Å². The molecule has 0 unspecified atom stereocenters. The van der Waals surface area contributed by atoms with Gasteiger partial charge in [0.15, 0.2) is 0 Å². The summed E-state index contributed by atoms with van der Waals surface area (Å²) in [7, 11) is 0. The lowest BCUT2D eigenvalue weighted by Gasteiger charge is -2.32. The zero-order valence-electron chi connectivity index (χ0n) is 11.9. The Balaban J connectivity index is 4.28. The highest BCUT2D eigenvalue weighted by Gasteiger charge is 2.24. The van der Waals surface area contributed by atoms with Gasteiger partial charge >= 0.3 is 0 Å². The van der Waals surface area contributed by atoms with Gasteiger partial charge in [0, 0.05) is 6.61 Å². The van der Waals surface area contributed by atoms with Crippen molar-refractivity contribution < 1.29 is 9.84 Å². The molecule has 0 saturated carbocycles. The van der Waals surface area contributed by atoms with Gasteiger partial charge in [-0.3, -0.25) is 0 Å². The second kappa shape index (κ2) is 7.29. The Morgan fingerprint density at radius 2 is 1.44 bits per heavy atom. The fraction of sp³-hybridized carbons (Fsp3) is 1.00. The monoisotopic (exact) mass is 230 g/mol. The standard InChI is InChI=1S/C14H30O2/c1-11(2)9-13(10-12(3)4)16-14(5,6)7-8-15/h11-13,15H,7-10H2,1-6H3. The number of hydrogen-bond acceptors (Lipinski definition) is 2. The molecule has 98 valence electrons. The van der Waals surface area contributed by atoms with Gasteiger partial charge < -0.3 is 9.84 Å². The van der Waals surface area contributed by atoms with Gasteiger partial charge in [-0.15, -0.1) is 0 Å². The van der Waals surface area contributed by atoms with E-state index in [2.05, 4.69) is 41.5 Å². The van der Waals surface area contributed by atoms with Crippen LogP contribution in [-0.2, 0) is 4.74 Å². The molecule has 0 aromatic carbocycles. The largest absolute Gasteiger partial charge is 0.396 e. The molecule has 2 heteroatoms. The predicted octanol–water partition coefficient (Wildman–Crippen LogP) is 3.62. The molecule has 0 aromatic rings. The average Bonchev–Trinajstić information content (AvgIpc) is 1.98. The van der Waals surface area contributed by atoms with Crippen LogP contribution in [0.5, 0.6) is 0 Å². The molecule has 0 amide bonds. The number of ether oxygens (including phenoxy) is 1. The smallest absolute Gasteiger partial charge is 0.0652 e. The van der Waals surface area contributed by atoms with Gasteiger partial charge in [-0.05, 0) is 44.9 Å². The van der Waals surface area contributed by atoms with E-state index < -0.39 is 0 Å². The highest BCUT2D eigenvalue weighted by atomic mass is 16.5. The van der Waals surface area contributed by atoms with Crippen LogP contribution in [0.1, 0.15) is 60.8 Å². The molecule has 0 aliphatic heterocycles. The third-order valence-corrected chi connectivity index (χ3v) is 2.67. The van der Waals surface area contributed by atoms with Crippen LogP contribution in [0.25, 0.3) is 0 Å². The van der Waals surface area contributed by atoms with Crippen LogP contribution >= 0.6 is 0 Å². The Hall–Kier alpha value is -0.0800. The number of rotatable bonds is 8. The zero-order chi connectivity index (χ0) is 12.8. The Labute approximate surface area is 101 Å². The van der Waals surface area contributed by atoms with E-state index in [1.165, 1.54) is 0 Å². The number of hydrogen-bond donors (Lipinski definition) is 1. The lowest BCUT2D eigenvalue weighted by atomic mass is 9.96. The molecular weight excluding hydrogens is 200 g/mol. The third kappa shape index (κ3) is 8.12. The molecule has 0 spiro atoms. The molecule has 2 nitrogen and oxygen atoms in total. The summed E-state index contributed by atoms with van der Waals surface area (Å²) >= 11 is 0. The summed E-state index contributed by atoms with van der Waals surface area (Å²) in [6, 6.07) is 0. The molecule has 0 aliphatic rings. The number of aliphatic hydroxyl groups excluding tert-OH is 1. The van der Waals surface area contributed by atoms with Crippen LogP contribution in [0.3, 0.4) is 0 Å². The molecule has 16 heavy (non-hydrogen) atoms. The summed E-state index contributed by atoms with van der Waals surface area (Å²) in [5.74, 6) is 1.32. The molecule has 0 heterocycles. The van der Waals surface area contributed by atoms with Gasteiger partial charge in [-0.1, -0.05) is 27.7 Å². The van der Waals surface area contributed by atoms with Crippen molar-refractivity contribution in [1.82, 2.24) is 0 Å². The van der Waals surface area contributed by atoms with E-state index in [1.54, 1.807) is 0 Å². The van der Waals surface area contributed by atoms with Crippen molar-refractivity contribution in [3.05, 3.63) is 0 Å². The fourth-order valence-corrected chi connectivity index (χ4v) is 2.02. The maximum atomic E-state index is 9.00. The molecule has 0 bridgehead atoms. The maximum Gasteiger partial charge on any atom is 0.0652 e. The molecule has 0 saturated heterocycles. The van der Waals surface area contributed by atoms with Crippen LogP contribution < -0.4 is 0 Å². The van der Waals surface area contributed by atoms with Gasteiger partial charge in [0.2, 0.25) is 0 Å². The topological polar surface area (TPSA) is 29.5 Å². The predicted molar refractivity (Wildman–Crippen MR) is 69.6 cm³/mol. The third-order valence-electron chi connectivity index (χ3n) is 2.67. The summed E-state index contributed by atoms with van der Waals surface area (Å²) in [5, 5.41) is 9.00. The summed E-state index contributed by atoms with van der Waals surface area (Å²) in [4.78, 5) is 0. The Kier molecular flexibility index (Phi) is 7.25. The van der Waals surface area contributed by atoms with Crippen LogP contribution in [0.2, 0.25) is 0 Å². The summed E-state index contributed by atoms with van der Waals surface area (Å²) in [6.07, 6.45) is 3.24. The van der Waals surface area contributed by atoms with Crippen LogP contribution in [0, 0.1) is 11.8 Å². The minimum absolute atomic E-state index is 0.197. The van der Waals surface area contributed by atoms with Gasteiger partial charge in [0.1, 0.15) is 0 Å². The number of aliphatic hydroxyl groups is 1. The summed E-state index contributed by atoms with van der Waals surface area (Å²) in [5.41, 5.74) is -0.205. The second-order valence-corrected chi connectivity index (χ2v) is 6.23. The highest BCUT2D eigenvalue weighted by Crippen LogP contribution is 2.24. The molecule has 0 rings (SSSR count). The quantitative estimate of drug-likeness (QED) is 0.690. The normalized spacial score (nSPS) is 13.1. The fourth-order valence-electron chi connectivity index (χ4n) is 2.02. The Morgan fingerprint density at radius 3 is 1.75 bits per heavy atom. The van der Waals surface area contributed by atoms with Crippen molar-refractivity contribution in [1.29, 1.82) is 0 Å². The molecule has 0 aromatic heterocycles. The van der Waals surface area contributed by atoms with Crippen molar-refractivity contribution in [2.75, 3.05) is 6.61 Å². The van der Waals surface area contributed by atoms with Crippen molar-refractivity contribution in [2.45, 2.75) is 72.5 Å². The van der Waals surface area contributed by atoms with E-state index in [0.717, 1.165) is 12.8 Å². The minimum Gasteiger partial charge on any atom is -0.396 e. The first-order valence-corrected chi connectivity index (χ1v) is 6.55. The first kappa shape index (κ1) is 15.9. The van der Waals surface area contributed by atoms with Gasteiger partial charge in [-0.25, -0.2) is 0 Å². The summed E-state index contributed by atoms with van der Waals surface area (Å²) < 4.78 is 6.14. The van der Waals surface area contributed by atoms with Crippen LogP contribution in [-0.4, -0.2) is 23.4 Å². The van der Waals surface area contributed by atoms with Crippen molar-refractivity contribution >= 4 is 0 Å². The van der Waals surface area contributed by atoms with Crippen molar-refractivity contribution in [2.24, 2.45) is 11.8 Å². The SMILES string of the molecule is CC(C)CC(CC(C)C)OC(C)(C)CCO. The first-order chi connectivity index (χ1) is 7.26. The molecule has 0 radical (unpaired) electrons.